The molecule has 1 aromatic carbocycles. The number of anilines is 1. The van der Waals surface area contributed by atoms with E-state index < -0.39 is 0 Å². The number of hydrogen-bond donors (Lipinski definition) is 1. The van der Waals surface area contributed by atoms with Crippen LogP contribution in [0, 0.1) is 6.92 Å². The van der Waals surface area contributed by atoms with Crippen LogP contribution in [-0.4, -0.2) is 53.4 Å². The number of nitrogens with zero attached hydrogens (tertiary/aromatic N) is 4. The van der Waals surface area contributed by atoms with Gasteiger partial charge in [-0.15, -0.1) is 5.10 Å². The van der Waals surface area contributed by atoms with Gasteiger partial charge in [-0.1, -0.05) is 11.3 Å². The zero-order valence-electron chi connectivity index (χ0n) is 16.0. The minimum atomic E-state index is 0.233. The van der Waals surface area contributed by atoms with Gasteiger partial charge in [0.15, 0.2) is 0 Å². The highest BCUT2D eigenvalue weighted by Gasteiger charge is 2.37. The number of aromatic nitrogens is 3. The fourth-order valence-electron chi connectivity index (χ4n) is 3.94. The van der Waals surface area contributed by atoms with Gasteiger partial charge in [-0.05, 0) is 57.9 Å². The van der Waals surface area contributed by atoms with Gasteiger partial charge < -0.3 is 15.0 Å². The summed E-state index contributed by atoms with van der Waals surface area (Å²) < 4.78 is 7.73. The number of aryl methyl sites for hydroxylation is 1. The van der Waals surface area contributed by atoms with Gasteiger partial charge in [-0.3, -0.25) is 0 Å². The molecule has 0 bridgehead atoms. The van der Waals surface area contributed by atoms with E-state index in [0.29, 0.717) is 0 Å². The molecule has 4 rings (SSSR count). The van der Waals surface area contributed by atoms with Crippen LogP contribution in [0.2, 0.25) is 0 Å². The topological polar surface area (TPSA) is 55.2 Å². The van der Waals surface area contributed by atoms with E-state index in [1.165, 1.54) is 24.1 Å². The first-order valence-electron chi connectivity index (χ1n) is 9.63. The van der Waals surface area contributed by atoms with E-state index in [2.05, 4.69) is 52.6 Å². The van der Waals surface area contributed by atoms with Crippen molar-refractivity contribution in [2.45, 2.75) is 51.3 Å². The van der Waals surface area contributed by atoms with Crippen LogP contribution in [0.15, 0.2) is 24.4 Å². The number of ether oxygens (including phenoxy) is 1. The molecule has 1 unspecified atom stereocenters. The maximum absolute atomic E-state index is 5.81. The predicted octanol–water partition coefficient (Wildman–Crippen LogP) is 2.62. The van der Waals surface area contributed by atoms with Gasteiger partial charge in [0.25, 0.3) is 0 Å². The van der Waals surface area contributed by atoms with Gasteiger partial charge in [0.1, 0.15) is 5.69 Å². The monoisotopic (exact) mass is 355 g/mol. The highest BCUT2D eigenvalue weighted by molar-refractivity contribution is 5.67. The summed E-state index contributed by atoms with van der Waals surface area (Å²) in [5.74, 6) is 0. The molecular formula is C20H29N5O. The van der Waals surface area contributed by atoms with Crippen molar-refractivity contribution in [3.63, 3.8) is 0 Å². The molecular weight excluding hydrogens is 326 g/mol. The van der Waals surface area contributed by atoms with Gasteiger partial charge in [-0.2, -0.15) is 0 Å². The summed E-state index contributed by atoms with van der Waals surface area (Å²) in [5, 5.41) is 12.1. The summed E-state index contributed by atoms with van der Waals surface area (Å²) in [6.07, 6.45) is 5.85. The lowest BCUT2D eigenvalue weighted by atomic mass is 9.91. The Morgan fingerprint density at radius 1 is 1.31 bits per heavy atom. The largest absolute Gasteiger partial charge is 0.376 e. The van der Waals surface area contributed by atoms with Crippen LogP contribution >= 0.6 is 0 Å². The lowest BCUT2D eigenvalue weighted by molar-refractivity contribution is 0.00370. The Bertz CT molecular complexity index is 759. The number of benzene rings is 1. The molecule has 6 heteroatoms. The highest BCUT2D eigenvalue weighted by atomic mass is 16.5. The van der Waals surface area contributed by atoms with Crippen molar-refractivity contribution < 1.29 is 4.74 Å². The first-order valence-corrected chi connectivity index (χ1v) is 9.63. The lowest BCUT2D eigenvalue weighted by Crippen LogP contribution is -2.66. The molecule has 2 aliphatic rings. The van der Waals surface area contributed by atoms with E-state index in [0.717, 1.165) is 43.9 Å². The summed E-state index contributed by atoms with van der Waals surface area (Å²) in [5.41, 5.74) is 4.84. The standard InChI is InChI=1S/C20H29N5O/c1-15-10-16(24-13-20(2,14-24)21-3)7-8-18(15)19-12-25(23-22-19)11-17-6-4-5-9-26-17/h7-8,10,12,17,21H,4-6,9,11,13-14H2,1-3H3. The summed E-state index contributed by atoms with van der Waals surface area (Å²) in [4.78, 5) is 2.41. The van der Waals surface area contributed by atoms with E-state index in [-0.39, 0.29) is 11.6 Å². The number of rotatable bonds is 5. The van der Waals surface area contributed by atoms with E-state index in [9.17, 15) is 0 Å². The molecule has 2 aromatic rings. The number of nitrogens with one attached hydrogen (secondary N) is 1. The number of likely N-dealkylation sites (N-methyl/N-ethyl adjacent to an activating group) is 1. The minimum Gasteiger partial charge on any atom is -0.376 e. The first-order chi connectivity index (χ1) is 12.6. The normalized spacial score (nSPS) is 22.3. The molecule has 140 valence electrons. The van der Waals surface area contributed by atoms with Crippen LogP contribution in [0.5, 0.6) is 0 Å². The maximum Gasteiger partial charge on any atom is 0.113 e. The summed E-state index contributed by atoms with van der Waals surface area (Å²) in [6.45, 7) is 8.16. The van der Waals surface area contributed by atoms with Crippen LogP contribution in [0.3, 0.4) is 0 Å². The highest BCUT2D eigenvalue weighted by Crippen LogP contribution is 2.31. The van der Waals surface area contributed by atoms with Gasteiger partial charge in [0.2, 0.25) is 0 Å². The predicted molar refractivity (Wildman–Crippen MR) is 103 cm³/mol. The first kappa shape index (κ1) is 17.5. The molecule has 3 heterocycles. The van der Waals surface area contributed by atoms with Gasteiger partial charge >= 0.3 is 0 Å². The van der Waals surface area contributed by atoms with Crippen molar-refractivity contribution in [2.75, 3.05) is 31.6 Å². The molecule has 1 aromatic heterocycles. The summed E-state index contributed by atoms with van der Waals surface area (Å²) in [7, 11) is 2.04. The maximum atomic E-state index is 5.81. The van der Waals surface area contributed by atoms with E-state index >= 15 is 0 Å². The van der Waals surface area contributed by atoms with Gasteiger partial charge in [0, 0.05) is 30.9 Å². The molecule has 0 spiro atoms. The fourth-order valence-corrected chi connectivity index (χ4v) is 3.94. The fraction of sp³-hybridized carbons (Fsp3) is 0.600. The van der Waals surface area contributed by atoms with Crippen LogP contribution < -0.4 is 10.2 Å². The van der Waals surface area contributed by atoms with Crippen molar-refractivity contribution in [1.29, 1.82) is 0 Å². The van der Waals surface area contributed by atoms with Crippen LogP contribution in [0.4, 0.5) is 5.69 Å². The Morgan fingerprint density at radius 3 is 2.85 bits per heavy atom. The molecule has 0 aliphatic carbocycles. The molecule has 0 saturated carbocycles. The van der Waals surface area contributed by atoms with Crippen molar-refractivity contribution >= 4 is 5.69 Å². The van der Waals surface area contributed by atoms with E-state index in [1.54, 1.807) is 0 Å². The van der Waals surface area contributed by atoms with Gasteiger partial charge in [-0.25, -0.2) is 4.68 Å². The third-order valence-electron chi connectivity index (χ3n) is 5.74. The molecule has 2 saturated heterocycles. The second-order valence-corrected chi connectivity index (χ2v) is 7.98. The molecule has 1 N–H and O–H groups in total. The lowest BCUT2D eigenvalue weighted by Gasteiger charge is -2.49. The smallest absolute Gasteiger partial charge is 0.113 e. The van der Waals surface area contributed by atoms with E-state index in [1.807, 2.05) is 17.9 Å². The second kappa shape index (κ2) is 7.00. The third-order valence-corrected chi connectivity index (χ3v) is 5.74. The Hall–Kier alpha value is -1.92. The Morgan fingerprint density at radius 2 is 2.15 bits per heavy atom. The quantitative estimate of drug-likeness (QED) is 0.893. The summed E-state index contributed by atoms with van der Waals surface area (Å²) in [6, 6.07) is 6.62. The minimum absolute atomic E-state index is 0.233. The molecule has 1 atom stereocenters. The second-order valence-electron chi connectivity index (χ2n) is 7.98. The molecule has 0 radical (unpaired) electrons. The molecule has 2 aliphatic heterocycles. The molecule has 2 fully saturated rings. The Balaban J connectivity index is 1.45. The van der Waals surface area contributed by atoms with Crippen LogP contribution in [0.25, 0.3) is 11.3 Å². The molecule has 26 heavy (non-hydrogen) atoms. The Kier molecular flexibility index (Phi) is 4.71. The van der Waals surface area contributed by atoms with Crippen molar-refractivity contribution in [3.8, 4) is 11.3 Å². The van der Waals surface area contributed by atoms with Crippen molar-refractivity contribution in [1.82, 2.24) is 20.3 Å². The van der Waals surface area contributed by atoms with Crippen molar-refractivity contribution in [3.05, 3.63) is 30.0 Å². The third kappa shape index (κ3) is 3.48. The molecule has 6 nitrogen and oxygen atoms in total. The number of hydrogen-bond acceptors (Lipinski definition) is 5. The Labute approximate surface area is 155 Å². The molecule has 0 amide bonds. The van der Waals surface area contributed by atoms with E-state index in [4.69, 9.17) is 4.74 Å². The zero-order chi connectivity index (χ0) is 18.1. The SMILES string of the molecule is CNC1(C)CN(c2ccc(-c3cn(CC4CCCCO4)nn3)c(C)c2)C1. The van der Waals surface area contributed by atoms with Crippen molar-refractivity contribution in [2.24, 2.45) is 0 Å². The van der Waals surface area contributed by atoms with Gasteiger partial charge in [0.05, 0.1) is 24.4 Å². The summed E-state index contributed by atoms with van der Waals surface area (Å²) >= 11 is 0. The zero-order valence-corrected chi connectivity index (χ0v) is 16.0. The average molecular weight is 355 g/mol. The average Bonchev–Trinajstić information content (AvgIpc) is 3.08. The van der Waals surface area contributed by atoms with Crippen LogP contribution in [-0.2, 0) is 11.3 Å². The van der Waals surface area contributed by atoms with Crippen LogP contribution in [0.1, 0.15) is 31.7 Å².